The Labute approximate surface area is 130 Å². The number of hydrogen-bond donors (Lipinski definition) is 7. The van der Waals surface area contributed by atoms with Gasteiger partial charge < -0.3 is 28.7 Å². The molecule has 10 nitrogen and oxygen atoms in total. The first-order valence-corrected chi connectivity index (χ1v) is 7.05. The summed E-state index contributed by atoms with van der Waals surface area (Å²) in [5, 5.41) is 9.51. The minimum atomic E-state index is -0.229. The van der Waals surface area contributed by atoms with Gasteiger partial charge in [0.15, 0.2) is 17.9 Å². The molecule has 0 aromatic carbocycles. The molecular weight excluding hydrogens is 284 g/mol. The van der Waals surface area contributed by atoms with Crippen LogP contribution in [0.5, 0.6) is 0 Å². The summed E-state index contributed by atoms with van der Waals surface area (Å²) in [4.78, 5) is 11.9. The van der Waals surface area contributed by atoms with E-state index in [1.807, 2.05) is 0 Å². The van der Waals surface area contributed by atoms with Crippen LogP contribution in [-0.4, -0.2) is 36.9 Å². The molecule has 0 heterocycles. The summed E-state index contributed by atoms with van der Waals surface area (Å²) in [5.74, 6) is 0.536. The highest BCUT2D eigenvalue weighted by atomic mass is 15.2. The molecule has 0 amide bonds. The van der Waals surface area contributed by atoms with Crippen LogP contribution in [0, 0.1) is 17.2 Å². The molecule has 0 saturated carbocycles. The van der Waals surface area contributed by atoms with Crippen LogP contribution in [0.1, 0.15) is 26.7 Å². The second-order valence-corrected chi connectivity index (χ2v) is 5.12. The van der Waals surface area contributed by atoms with E-state index in [0.29, 0.717) is 24.9 Å². The van der Waals surface area contributed by atoms with Crippen LogP contribution in [0.4, 0.5) is 0 Å². The highest BCUT2D eigenvalue weighted by molar-refractivity contribution is 5.95. The van der Waals surface area contributed by atoms with Gasteiger partial charge in [-0.05, 0) is 18.3 Å². The average molecular weight is 312 g/mol. The zero-order valence-corrected chi connectivity index (χ0v) is 13.2. The van der Waals surface area contributed by atoms with Gasteiger partial charge >= 0.3 is 0 Å². The Balaban J connectivity index is 4.37. The van der Waals surface area contributed by atoms with Crippen LogP contribution in [0.3, 0.4) is 0 Å². The van der Waals surface area contributed by atoms with Crippen molar-refractivity contribution in [3.63, 3.8) is 0 Å². The lowest BCUT2D eigenvalue weighted by Crippen LogP contribution is -2.41. The summed E-state index contributed by atoms with van der Waals surface area (Å²) in [6.45, 7) is 5.23. The molecule has 2 atom stereocenters. The van der Waals surface area contributed by atoms with Crippen LogP contribution < -0.4 is 34.0 Å². The van der Waals surface area contributed by atoms with Gasteiger partial charge in [0.25, 0.3) is 0 Å². The molecule has 10 heteroatoms. The standard InChI is InChI=1S/C12H28N10/c1-3-8(6-20-12(18)22-10(15)16)4-7(2)5-19-11(17)21-9(13)14/h7-8H,3-6H2,1-2H3,(H6,13,14,17,19,21)(H6,15,16,18,20,22). The Morgan fingerprint density at radius 1 is 1.09 bits per heavy atom. The summed E-state index contributed by atoms with van der Waals surface area (Å²) < 4.78 is 0. The van der Waals surface area contributed by atoms with Gasteiger partial charge in [-0.1, -0.05) is 20.3 Å². The first-order chi connectivity index (χ1) is 10.2. The molecule has 0 radical (unpaired) electrons. The predicted octanol–water partition coefficient (Wildman–Crippen LogP) is -1.58. The summed E-state index contributed by atoms with van der Waals surface area (Å²) >= 11 is 0. The molecule has 0 aliphatic heterocycles. The lowest BCUT2D eigenvalue weighted by Gasteiger charge is -2.17. The van der Waals surface area contributed by atoms with Crippen molar-refractivity contribution in [1.29, 1.82) is 5.41 Å². The van der Waals surface area contributed by atoms with Crippen molar-refractivity contribution in [1.82, 2.24) is 5.32 Å². The van der Waals surface area contributed by atoms with Crippen LogP contribution in [-0.2, 0) is 0 Å². The molecule has 2 unspecified atom stereocenters. The zero-order chi connectivity index (χ0) is 17.1. The van der Waals surface area contributed by atoms with Crippen molar-refractivity contribution in [3.8, 4) is 0 Å². The third-order valence-electron chi connectivity index (χ3n) is 2.90. The lowest BCUT2D eigenvalue weighted by molar-refractivity contribution is 0.393. The van der Waals surface area contributed by atoms with Crippen LogP contribution in [0.15, 0.2) is 15.0 Å². The van der Waals surface area contributed by atoms with Gasteiger partial charge in [-0.15, -0.1) is 0 Å². The monoisotopic (exact) mass is 312 g/mol. The quantitative estimate of drug-likeness (QED) is 0.218. The van der Waals surface area contributed by atoms with Gasteiger partial charge in [0.05, 0.1) is 0 Å². The Bertz CT molecular complexity index is 435. The fourth-order valence-electron chi connectivity index (χ4n) is 1.84. The summed E-state index contributed by atoms with van der Waals surface area (Å²) in [6.07, 6.45) is 1.86. The van der Waals surface area contributed by atoms with E-state index in [4.69, 9.17) is 34.1 Å². The van der Waals surface area contributed by atoms with E-state index in [1.54, 1.807) is 0 Å². The van der Waals surface area contributed by atoms with Gasteiger partial charge in [-0.25, -0.2) is 0 Å². The Kier molecular flexibility index (Phi) is 9.07. The third kappa shape index (κ3) is 10.3. The lowest BCUT2D eigenvalue weighted by atomic mass is 9.94. The van der Waals surface area contributed by atoms with E-state index in [1.165, 1.54) is 0 Å². The van der Waals surface area contributed by atoms with Crippen LogP contribution in [0.25, 0.3) is 0 Å². The summed E-state index contributed by atoms with van der Waals surface area (Å²) in [7, 11) is 0. The Morgan fingerprint density at radius 2 is 1.73 bits per heavy atom. The number of hydrogen-bond acceptors (Lipinski definition) is 3. The molecule has 0 spiro atoms. The molecular formula is C12H28N10. The molecule has 0 bridgehead atoms. The van der Waals surface area contributed by atoms with Gasteiger partial charge in [0, 0.05) is 13.1 Å². The van der Waals surface area contributed by atoms with Gasteiger partial charge in [-0.2, -0.15) is 4.99 Å². The minimum absolute atomic E-state index is 0.0767. The molecule has 0 aliphatic carbocycles. The molecule has 126 valence electrons. The zero-order valence-electron chi connectivity index (χ0n) is 13.2. The fraction of sp³-hybridized carbons (Fsp3) is 0.667. The van der Waals surface area contributed by atoms with E-state index in [9.17, 15) is 0 Å². The molecule has 0 aromatic heterocycles. The highest BCUT2D eigenvalue weighted by Gasteiger charge is 2.11. The number of guanidine groups is 4. The normalized spacial score (nSPS) is 15.0. The Morgan fingerprint density at radius 3 is 2.23 bits per heavy atom. The van der Waals surface area contributed by atoms with E-state index in [2.05, 4.69) is 34.1 Å². The van der Waals surface area contributed by atoms with Gasteiger partial charge in [0.1, 0.15) is 0 Å². The topological polar surface area (TPSA) is 203 Å². The molecule has 22 heavy (non-hydrogen) atoms. The molecule has 0 aromatic rings. The Hall–Kier alpha value is -2.52. The van der Waals surface area contributed by atoms with Crippen molar-refractivity contribution in [2.75, 3.05) is 13.1 Å². The second-order valence-electron chi connectivity index (χ2n) is 5.12. The van der Waals surface area contributed by atoms with Crippen LogP contribution >= 0.6 is 0 Å². The first-order valence-electron chi connectivity index (χ1n) is 7.05. The van der Waals surface area contributed by atoms with Gasteiger partial charge in [0.2, 0.25) is 5.96 Å². The van der Waals surface area contributed by atoms with Crippen molar-refractivity contribution in [3.05, 3.63) is 0 Å². The van der Waals surface area contributed by atoms with E-state index < -0.39 is 0 Å². The maximum Gasteiger partial charge on any atom is 0.218 e. The molecule has 12 N–H and O–H groups in total. The molecule has 0 saturated heterocycles. The predicted molar refractivity (Wildman–Crippen MR) is 91.4 cm³/mol. The molecule has 0 rings (SSSR count). The van der Waals surface area contributed by atoms with E-state index >= 15 is 0 Å². The largest absolute Gasteiger partial charge is 0.370 e. The number of nitrogens with one attached hydrogen (secondary N) is 2. The molecule has 0 aliphatic rings. The van der Waals surface area contributed by atoms with Gasteiger partial charge in [-0.3, -0.25) is 20.7 Å². The summed E-state index contributed by atoms with van der Waals surface area (Å²) in [5.41, 5.74) is 26.8. The first kappa shape index (κ1) is 19.5. The van der Waals surface area contributed by atoms with Crippen LogP contribution in [0.2, 0.25) is 0 Å². The van der Waals surface area contributed by atoms with Crippen molar-refractivity contribution < 1.29 is 0 Å². The SMILES string of the molecule is CCC(CN=C(N)NC(=N)N)CC(C)CN=C(N)N=C(N)N. The number of nitrogens with zero attached hydrogens (tertiary/aromatic N) is 3. The van der Waals surface area contributed by atoms with E-state index in [0.717, 1.165) is 12.8 Å². The van der Waals surface area contributed by atoms with Crippen molar-refractivity contribution >= 4 is 23.8 Å². The summed E-state index contributed by atoms with van der Waals surface area (Å²) in [6, 6.07) is 0. The van der Waals surface area contributed by atoms with Crippen molar-refractivity contribution in [2.24, 2.45) is 55.5 Å². The average Bonchev–Trinajstić information content (AvgIpc) is 2.39. The highest BCUT2D eigenvalue weighted by Crippen LogP contribution is 2.16. The number of nitrogens with two attached hydrogens (primary N) is 5. The van der Waals surface area contributed by atoms with Crippen molar-refractivity contribution in [2.45, 2.75) is 26.7 Å². The smallest absolute Gasteiger partial charge is 0.218 e. The third-order valence-corrected chi connectivity index (χ3v) is 2.90. The fourth-order valence-corrected chi connectivity index (χ4v) is 1.84. The maximum absolute atomic E-state index is 7.06. The number of rotatable bonds is 7. The maximum atomic E-state index is 7.06. The second kappa shape index (κ2) is 10.2. The molecule has 0 fully saturated rings. The van der Waals surface area contributed by atoms with E-state index in [-0.39, 0.29) is 23.8 Å². The minimum Gasteiger partial charge on any atom is -0.370 e. The number of aliphatic imine (C=N–C) groups is 3.